The summed E-state index contributed by atoms with van der Waals surface area (Å²) in [5, 5.41) is 3.75. The van der Waals surface area contributed by atoms with Crippen molar-refractivity contribution in [3.63, 3.8) is 0 Å². The molecule has 1 fully saturated rings. The molecule has 0 saturated heterocycles. The Morgan fingerprint density at radius 3 is 2.31 bits per heavy atom. The van der Waals surface area contributed by atoms with E-state index >= 15 is 0 Å². The van der Waals surface area contributed by atoms with Gasteiger partial charge in [-0.2, -0.15) is 0 Å². The molecule has 0 aliphatic heterocycles. The Hall–Kier alpha value is -2.52. The van der Waals surface area contributed by atoms with Crippen molar-refractivity contribution in [1.29, 1.82) is 0 Å². The molecule has 29 heavy (non-hydrogen) atoms. The molecule has 1 aliphatic rings. The van der Waals surface area contributed by atoms with Gasteiger partial charge in [-0.3, -0.25) is 4.79 Å². The van der Waals surface area contributed by atoms with E-state index in [0.29, 0.717) is 11.6 Å². The third kappa shape index (κ3) is 5.98. The first-order valence-electron chi connectivity index (χ1n) is 10.3. The summed E-state index contributed by atoms with van der Waals surface area (Å²) in [7, 11) is 0. The number of nitrogens with zero attached hydrogens (tertiary/aromatic N) is 1. The van der Waals surface area contributed by atoms with E-state index in [2.05, 4.69) is 11.9 Å². The van der Waals surface area contributed by atoms with Crippen LogP contribution in [0.5, 0.6) is 0 Å². The van der Waals surface area contributed by atoms with Gasteiger partial charge in [0, 0.05) is 18.3 Å². The van der Waals surface area contributed by atoms with E-state index in [1.165, 1.54) is 6.42 Å². The molecule has 0 bridgehead atoms. The largest absolute Gasteiger partial charge is 0.351 e. The Kier molecular flexibility index (Phi) is 7.94. The van der Waals surface area contributed by atoms with Crippen LogP contribution in [0.2, 0.25) is 0 Å². The lowest BCUT2D eigenvalue weighted by molar-refractivity contribution is -0.122. The van der Waals surface area contributed by atoms with Crippen LogP contribution in [0, 0.1) is 0 Å². The lowest BCUT2D eigenvalue weighted by Crippen LogP contribution is -2.50. The zero-order valence-electron chi connectivity index (χ0n) is 16.8. The zero-order valence-corrected chi connectivity index (χ0v) is 17.5. The molecule has 2 aromatic rings. The number of carbonyl (C=O) groups is 1. The summed E-state index contributed by atoms with van der Waals surface area (Å²) in [4.78, 5) is 15.4. The molecule has 152 valence electrons. The fourth-order valence-corrected chi connectivity index (χ4v) is 4.19. The summed E-state index contributed by atoms with van der Waals surface area (Å²) in [6.45, 7) is 4.41. The minimum absolute atomic E-state index is 0.0558. The number of anilines is 1. The molecule has 0 radical (unpaired) electrons. The molecule has 1 atom stereocenters. The van der Waals surface area contributed by atoms with E-state index in [0.717, 1.165) is 36.9 Å². The van der Waals surface area contributed by atoms with Crippen LogP contribution < -0.4 is 10.2 Å². The Bertz CT molecular complexity index is 813. The predicted octanol–water partition coefficient (Wildman–Crippen LogP) is 5.78. The maximum absolute atomic E-state index is 13.4. The van der Waals surface area contributed by atoms with Gasteiger partial charge in [0.25, 0.3) is 0 Å². The van der Waals surface area contributed by atoms with Gasteiger partial charge in [-0.25, -0.2) is 0 Å². The Morgan fingerprint density at radius 1 is 1.07 bits per heavy atom. The number of halogens is 1. The molecule has 3 nitrogen and oxygen atoms in total. The molecule has 0 spiro atoms. The van der Waals surface area contributed by atoms with Crippen LogP contribution in [0.4, 0.5) is 5.69 Å². The molecule has 1 N–H and O–H groups in total. The molecule has 0 aromatic heterocycles. The first-order valence-corrected chi connectivity index (χ1v) is 10.7. The highest BCUT2D eigenvalue weighted by Gasteiger charge is 2.30. The number of rotatable bonds is 8. The van der Waals surface area contributed by atoms with E-state index in [-0.39, 0.29) is 11.9 Å². The smallest absolute Gasteiger partial charge is 0.248 e. The lowest BCUT2D eigenvalue weighted by atomic mass is 9.95. The monoisotopic (exact) mass is 408 g/mol. The zero-order chi connectivity index (χ0) is 20.5. The minimum Gasteiger partial charge on any atom is -0.351 e. The van der Waals surface area contributed by atoms with Crippen molar-refractivity contribution >= 4 is 29.3 Å². The van der Waals surface area contributed by atoms with Gasteiger partial charge in [0.1, 0.15) is 6.04 Å². The first kappa shape index (κ1) is 21.2. The van der Waals surface area contributed by atoms with Gasteiger partial charge in [-0.1, -0.05) is 85.5 Å². The summed E-state index contributed by atoms with van der Waals surface area (Å²) in [6, 6.07) is 19.4. The Balaban J connectivity index is 1.93. The standard InChI is InChI=1S/C25H29ClN2O/c1-2-18-28(22-16-10-5-11-17-22)24(23(26)19-20-12-6-3-7-13-20)25(29)27-21-14-8-4-9-15-21/h2-3,5-7,10-13,16-17,19,21,24H,1,4,8-9,14-15,18H2,(H,27,29)/b23-19-/t24-/m0/s1. The maximum Gasteiger partial charge on any atom is 0.248 e. The normalized spacial score (nSPS) is 16.1. The summed E-state index contributed by atoms with van der Waals surface area (Å²) in [5.74, 6) is -0.0558. The fourth-order valence-electron chi connectivity index (χ4n) is 3.85. The number of hydrogen-bond donors (Lipinski definition) is 1. The number of carbonyl (C=O) groups excluding carboxylic acids is 1. The van der Waals surface area contributed by atoms with Crippen LogP contribution in [0.25, 0.3) is 6.08 Å². The molecule has 1 aliphatic carbocycles. The van der Waals surface area contributed by atoms with Crippen molar-refractivity contribution in [2.75, 3.05) is 11.4 Å². The van der Waals surface area contributed by atoms with Crippen LogP contribution in [0.3, 0.4) is 0 Å². The average Bonchev–Trinajstić information content (AvgIpc) is 2.75. The van der Waals surface area contributed by atoms with Crippen molar-refractivity contribution < 1.29 is 4.79 Å². The van der Waals surface area contributed by atoms with Gasteiger partial charge in [-0.15, -0.1) is 6.58 Å². The van der Waals surface area contributed by atoms with Crippen molar-refractivity contribution in [2.24, 2.45) is 0 Å². The Labute approximate surface area is 179 Å². The third-order valence-corrected chi connectivity index (χ3v) is 5.61. The van der Waals surface area contributed by atoms with Crippen molar-refractivity contribution in [1.82, 2.24) is 5.32 Å². The summed E-state index contributed by atoms with van der Waals surface area (Å²) in [6.07, 6.45) is 9.33. The molecule has 0 heterocycles. The maximum atomic E-state index is 13.4. The Morgan fingerprint density at radius 2 is 1.69 bits per heavy atom. The number of amides is 1. The molecular formula is C25H29ClN2O. The molecule has 4 heteroatoms. The number of nitrogens with one attached hydrogen (secondary N) is 1. The predicted molar refractivity (Wildman–Crippen MR) is 123 cm³/mol. The van der Waals surface area contributed by atoms with Gasteiger partial charge in [0.2, 0.25) is 5.91 Å². The van der Waals surface area contributed by atoms with Crippen LogP contribution in [0.15, 0.2) is 78.4 Å². The van der Waals surface area contributed by atoms with E-state index in [4.69, 9.17) is 11.6 Å². The van der Waals surface area contributed by atoms with Gasteiger partial charge < -0.3 is 10.2 Å². The average molecular weight is 409 g/mol. The van der Waals surface area contributed by atoms with Gasteiger partial charge in [0.15, 0.2) is 0 Å². The van der Waals surface area contributed by atoms with Crippen LogP contribution >= 0.6 is 11.6 Å². The van der Waals surface area contributed by atoms with Crippen molar-refractivity contribution in [3.8, 4) is 0 Å². The lowest BCUT2D eigenvalue weighted by Gasteiger charge is -2.33. The highest BCUT2D eigenvalue weighted by Crippen LogP contribution is 2.26. The molecule has 1 saturated carbocycles. The second-order valence-electron chi connectivity index (χ2n) is 7.46. The summed E-state index contributed by atoms with van der Waals surface area (Å²) < 4.78 is 0. The number of benzene rings is 2. The topological polar surface area (TPSA) is 32.3 Å². The van der Waals surface area contributed by atoms with Gasteiger partial charge in [-0.05, 0) is 36.6 Å². The molecule has 1 amide bonds. The SMILES string of the molecule is C=CCN(c1ccccc1)[C@H](C(=O)NC1CCCCC1)/C(Cl)=C/c1ccccc1. The quantitative estimate of drug-likeness (QED) is 0.562. The summed E-state index contributed by atoms with van der Waals surface area (Å²) in [5.41, 5.74) is 1.91. The van der Waals surface area contributed by atoms with Crippen LogP contribution in [-0.4, -0.2) is 24.5 Å². The number of hydrogen-bond acceptors (Lipinski definition) is 2. The fraction of sp³-hybridized carbons (Fsp3) is 0.320. The molecular weight excluding hydrogens is 380 g/mol. The first-order chi connectivity index (χ1) is 14.2. The van der Waals surface area contributed by atoms with Crippen LogP contribution in [0.1, 0.15) is 37.7 Å². The minimum atomic E-state index is -0.612. The third-order valence-electron chi connectivity index (χ3n) is 5.29. The van der Waals surface area contributed by atoms with Gasteiger partial charge in [0.05, 0.1) is 5.03 Å². The molecule has 2 aromatic carbocycles. The molecule has 3 rings (SSSR count). The highest BCUT2D eigenvalue weighted by atomic mass is 35.5. The highest BCUT2D eigenvalue weighted by molar-refractivity contribution is 6.34. The number of para-hydroxylation sites is 1. The second-order valence-corrected chi connectivity index (χ2v) is 7.90. The van der Waals surface area contributed by atoms with E-state index < -0.39 is 6.04 Å². The van der Waals surface area contributed by atoms with Crippen molar-refractivity contribution in [2.45, 2.75) is 44.2 Å². The van der Waals surface area contributed by atoms with E-state index in [9.17, 15) is 4.79 Å². The van der Waals surface area contributed by atoms with E-state index in [1.54, 1.807) is 6.08 Å². The molecule has 0 unspecified atom stereocenters. The van der Waals surface area contributed by atoms with E-state index in [1.807, 2.05) is 71.6 Å². The second kappa shape index (κ2) is 10.9. The van der Waals surface area contributed by atoms with Crippen LogP contribution in [-0.2, 0) is 4.79 Å². The summed E-state index contributed by atoms with van der Waals surface area (Å²) >= 11 is 6.80. The van der Waals surface area contributed by atoms with Gasteiger partial charge >= 0.3 is 0 Å². The van der Waals surface area contributed by atoms with Crippen molar-refractivity contribution in [3.05, 3.63) is 83.9 Å².